The topological polar surface area (TPSA) is 57.6 Å². The molecule has 1 N–H and O–H groups in total. The molecule has 0 aliphatic carbocycles. The Labute approximate surface area is 141 Å². The van der Waals surface area contributed by atoms with Crippen molar-refractivity contribution < 1.29 is 14.7 Å². The molecule has 2 unspecified atom stereocenters. The van der Waals surface area contributed by atoms with E-state index in [2.05, 4.69) is 0 Å². The van der Waals surface area contributed by atoms with Crippen LogP contribution in [0.5, 0.6) is 0 Å². The van der Waals surface area contributed by atoms with Crippen molar-refractivity contribution in [2.45, 2.75) is 18.8 Å². The van der Waals surface area contributed by atoms with E-state index in [1.165, 1.54) is 0 Å². The Morgan fingerprint density at radius 3 is 2.17 bits per heavy atom. The van der Waals surface area contributed by atoms with Crippen molar-refractivity contribution in [3.8, 4) is 0 Å². The summed E-state index contributed by atoms with van der Waals surface area (Å²) in [6, 6.07) is 19.2. The van der Waals surface area contributed by atoms with Gasteiger partial charge in [-0.3, -0.25) is 9.59 Å². The maximum absolute atomic E-state index is 12.8. The molecule has 3 atom stereocenters. The van der Waals surface area contributed by atoms with Gasteiger partial charge >= 0.3 is 5.97 Å². The normalized spacial score (nSPS) is 21.5. The van der Waals surface area contributed by atoms with Gasteiger partial charge in [0.1, 0.15) is 0 Å². The first kappa shape index (κ1) is 16.2. The minimum Gasteiger partial charge on any atom is -0.481 e. The second kappa shape index (κ2) is 6.87. The monoisotopic (exact) mass is 323 g/mol. The largest absolute Gasteiger partial charge is 0.481 e. The molecule has 1 aliphatic heterocycles. The van der Waals surface area contributed by atoms with E-state index in [0.29, 0.717) is 6.54 Å². The van der Waals surface area contributed by atoms with E-state index >= 15 is 0 Å². The van der Waals surface area contributed by atoms with Crippen molar-refractivity contribution in [2.75, 3.05) is 13.1 Å². The Kier molecular flexibility index (Phi) is 4.65. The molecule has 1 fully saturated rings. The molecule has 1 saturated heterocycles. The molecule has 2 aromatic rings. The highest BCUT2D eigenvalue weighted by atomic mass is 16.4. The molecular formula is C20H21NO3. The zero-order valence-electron chi connectivity index (χ0n) is 13.6. The van der Waals surface area contributed by atoms with Crippen molar-refractivity contribution in [3.63, 3.8) is 0 Å². The van der Waals surface area contributed by atoms with Crippen molar-refractivity contribution in [2.24, 2.45) is 5.92 Å². The van der Waals surface area contributed by atoms with Crippen LogP contribution in [0, 0.1) is 5.92 Å². The summed E-state index contributed by atoms with van der Waals surface area (Å²) in [7, 11) is 0. The van der Waals surface area contributed by atoms with Gasteiger partial charge in [-0.05, 0) is 18.1 Å². The van der Waals surface area contributed by atoms with Gasteiger partial charge in [-0.25, -0.2) is 0 Å². The zero-order chi connectivity index (χ0) is 17.1. The van der Waals surface area contributed by atoms with Gasteiger partial charge in [0.25, 0.3) is 0 Å². The van der Waals surface area contributed by atoms with Crippen molar-refractivity contribution in [1.82, 2.24) is 4.90 Å². The number of likely N-dealkylation sites (tertiary alicyclic amines) is 1. The minimum atomic E-state index is -0.841. The predicted octanol–water partition coefficient (Wildman–Crippen LogP) is 3.12. The van der Waals surface area contributed by atoms with Crippen LogP contribution >= 0.6 is 0 Å². The van der Waals surface area contributed by atoms with Crippen LogP contribution in [0.4, 0.5) is 0 Å². The minimum absolute atomic E-state index is 0.00844. The average molecular weight is 323 g/mol. The van der Waals surface area contributed by atoms with E-state index < -0.39 is 11.9 Å². The van der Waals surface area contributed by atoms with Crippen molar-refractivity contribution in [3.05, 3.63) is 71.8 Å². The summed E-state index contributed by atoms with van der Waals surface area (Å²) >= 11 is 0. The zero-order valence-corrected chi connectivity index (χ0v) is 13.6. The first-order valence-corrected chi connectivity index (χ1v) is 8.19. The lowest BCUT2D eigenvalue weighted by Gasteiger charge is -2.21. The quantitative estimate of drug-likeness (QED) is 0.940. The number of hydrogen-bond donors (Lipinski definition) is 1. The second-order valence-electron chi connectivity index (χ2n) is 6.34. The Morgan fingerprint density at radius 1 is 1.00 bits per heavy atom. The number of carbonyl (C=O) groups is 2. The van der Waals surface area contributed by atoms with E-state index in [9.17, 15) is 14.7 Å². The lowest BCUT2D eigenvalue weighted by Crippen LogP contribution is -2.33. The molecule has 1 heterocycles. The number of rotatable bonds is 4. The molecule has 124 valence electrons. The van der Waals surface area contributed by atoms with Crippen LogP contribution in [0.1, 0.15) is 29.9 Å². The summed E-state index contributed by atoms with van der Waals surface area (Å²) in [5.41, 5.74) is 1.94. The molecule has 0 bridgehead atoms. The van der Waals surface area contributed by atoms with Gasteiger partial charge in [-0.1, -0.05) is 60.7 Å². The molecule has 0 radical (unpaired) electrons. The highest BCUT2D eigenvalue weighted by molar-refractivity contribution is 5.85. The van der Waals surface area contributed by atoms with Crippen LogP contribution in [-0.4, -0.2) is 35.0 Å². The van der Waals surface area contributed by atoms with Crippen LogP contribution in [0.2, 0.25) is 0 Å². The third-order valence-electron chi connectivity index (χ3n) is 4.85. The van der Waals surface area contributed by atoms with Gasteiger partial charge in [0.2, 0.25) is 5.91 Å². The van der Waals surface area contributed by atoms with Gasteiger partial charge in [0, 0.05) is 19.0 Å². The molecule has 1 aliphatic rings. The van der Waals surface area contributed by atoms with Crippen LogP contribution in [0.3, 0.4) is 0 Å². The average Bonchev–Trinajstić information content (AvgIpc) is 3.07. The van der Waals surface area contributed by atoms with Gasteiger partial charge < -0.3 is 10.0 Å². The summed E-state index contributed by atoms with van der Waals surface area (Å²) in [5, 5.41) is 9.56. The van der Waals surface area contributed by atoms with E-state index in [4.69, 9.17) is 0 Å². The third-order valence-corrected chi connectivity index (χ3v) is 4.85. The summed E-state index contributed by atoms with van der Waals surface area (Å²) in [5.74, 6) is -1.83. The SMILES string of the molecule is C[C@@H](C(=O)N1CC(C(=O)O)C(c2ccccc2)C1)c1ccccc1. The molecule has 3 rings (SSSR count). The molecule has 4 nitrogen and oxygen atoms in total. The van der Waals surface area contributed by atoms with Crippen LogP contribution in [0.25, 0.3) is 0 Å². The smallest absolute Gasteiger partial charge is 0.308 e. The van der Waals surface area contributed by atoms with Gasteiger partial charge in [-0.2, -0.15) is 0 Å². The number of carboxylic acids is 1. The summed E-state index contributed by atoms with van der Waals surface area (Å²) in [6.45, 7) is 2.60. The third kappa shape index (κ3) is 3.18. The van der Waals surface area contributed by atoms with Crippen molar-refractivity contribution in [1.29, 1.82) is 0 Å². The Hall–Kier alpha value is -2.62. The highest BCUT2D eigenvalue weighted by Gasteiger charge is 2.41. The number of carboxylic acid groups (broad SMARTS) is 1. The first-order valence-electron chi connectivity index (χ1n) is 8.19. The summed E-state index contributed by atoms with van der Waals surface area (Å²) in [4.78, 5) is 26.2. The Bertz CT molecular complexity index is 714. The fraction of sp³-hybridized carbons (Fsp3) is 0.300. The standard InChI is InChI=1S/C20H21NO3/c1-14(15-8-4-2-5-9-15)19(22)21-12-17(18(13-21)20(23)24)16-10-6-3-7-11-16/h2-11,14,17-18H,12-13H2,1H3,(H,23,24)/t14-,17?,18?/m1/s1. The molecule has 0 spiro atoms. The lowest BCUT2D eigenvalue weighted by atomic mass is 9.89. The van der Waals surface area contributed by atoms with Crippen molar-refractivity contribution >= 4 is 11.9 Å². The number of nitrogens with zero attached hydrogens (tertiary/aromatic N) is 1. The molecule has 2 aromatic carbocycles. The van der Waals surface area contributed by atoms with E-state index in [0.717, 1.165) is 11.1 Å². The fourth-order valence-corrected chi connectivity index (χ4v) is 3.43. The van der Waals surface area contributed by atoms with Gasteiger partial charge in [0.05, 0.1) is 11.8 Å². The number of hydrogen-bond acceptors (Lipinski definition) is 2. The van der Waals surface area contributed by atoms with Gasteiger partial charge in [-0.15, -0.1) is 0 Å². The molecular weight excluding hydrogens is 302 g/mol. The second-order valence-corrected chi connectivity index (χ2v) is 6.34. The highest BCUT2D eigenvalue weighted by Crippen LogP contribution is 2.34. The van der Waals surface area contributed by atoms with Crippen LogP contribution in [0.15, 0.2) is 60.7 Å². The molecule has 24 heavy (non-hydrogen) atoms. The molecule has 1 amide bonds. The molecule has 4 heteroatoms. The van der Waals surface area contributed by atoms with E-state index in [1.807, 2.05) is 67.6 Å². The lowest BCUT2D eigenvalue weighted by molar-refractivity contribution is -0.141. The molecule has 0 aromatic heterocycles. The summed E-state index contributed by atoms with van der Waals surface area (Å²) < 4.78 is 0. The summed E-state index contributed by atoms with van der Waals surface area (Å²) in [6.07, 6.45) is 0. The number of carbonyl (C=O) groups excluding carboxylic acids is 1. The maximum Gasteiger partial charge on any atom is 0.308 e. The predicted molar refractivity (Wildman–Crippen MR) is 91.7 cm³/mol. The van der Waals surface area contributed by atoms with Crippen LogP contribution < -0.4 is 0 Å². The number of benzene rings is 2. The van der Waals surface area contributed by atoms with Crippen LogP contribution in [-0.2, 0) is 9.59 Å². The number of amides is 1. The maximum atomic E-state index is 12.8. The first-order chi connectivity index (χ1) is 11.6. The molecule has 0 saturated carbocycles. The Morgan fingerprint density at radius 2 is 1.58 bits per heavy atom. The van der Waals surface area contributed by atoms with E-state index in [1.54, 1.807) is 4.90 Å². The Balaban J connectivity index is 1.80. The number of aliphatic carboxylic acids is 1. The fourth-order valence-electron chi connectivity index (χ4n) is 3.43. The van der Waals surface area contributed by atoms with Gasteiger partial charge in [0.15, 0.2) is 0 Å². The van der Waals surface area contributed by atoms with E-state index in [-0.39, 0.29) is 24.3 Å².